The van der Waals surface area contributed by atoms with E-state index in [-0.39, 0.29) is 34.2 Å². The van der Waals surface area contributed by atoms with Crippen LogP contribution in [-0.2, 0) is 11.2 Å². The van der Waals surface area contributed by atoms with Crippen LogP contribution >= 0.6 is 11.6 Å². The van der Waals surface area contributed by atoms with Crippen molar-refractivity contribution in [3.05, 3.63) is 57.0 Å². The lowest BCUT2D eigenvalue weighted by atomic mass is 9.75. The first-order chi connectivity index (χ1) is 13.2. The van der Waals surface area contributed by atoms with E-state index in [2.05, 4.69) is 15.0 Å². The second-order valence-corrected chi connectivity index (χ2v) is 7.54. The molecule has 1 heterocycles. The number of pyridine rings is 1. The first kappa shape index (κ1) is 18.9. The zero-order chi connectivity index (χ0) is 20.1. The predicted octanol–water partition coefficient (Wildman–Crippen LogP) is 4.23. The highest BCUT2D eigenvalue weighted by molar-refractivity contribution is 6.32. The summed E-state index contributed by atoms with van der Waals surface area (Å²) in [5.74, 6) is -0.854. The lowest BCUT2D eigenvalue weighted by molar-refractivity contribution is -0.274. The van der Waals surface area contributed by atoms with E-state index in [0.29, 0.717) is 12.1 Å². The fourth-order valence-electron chi connectivity index (χ4n) is 4.40. The number of nitrogens with one attached hydrogen (secondary N) is 2. The number of ether oxygens (including phenoxy) is 1. The van der Waals surface area contributed by atoms with Crippen molar-refractivity contribution in [2.24, 2.45) is 11.8 Å². The van der Waals surface area contributed by atoms with E-state index < -0.39 is 12.1 Å². The number of hydrogen-bond acceptors (Lipinski definition) is 3. The zero-order valence-corrected chi connectivity index (χ0v) is 15.2. The number of alkyl halides is 3. The summed E-state index contributed by atoms with van der Waals surface area (Å²) in [6, 6.07) is 5.21. The fraction of sp³-hybridized carbons (Fsp3) is 0.368. The third-order valence-electron chi connectivity index (χ3n) is 5.45. The monoisotopic (exact) mass is 412 g/mol. The van der Waals surface area contributed by atoms with Gasteiger partial charge < -0.3 is 15.0 Å². The van der Waals surface area contributed by atoms with Crippen molar-refractivity contribution in [3.8, 4) is 5.75 Å². The zero-order valence-electron chi connectivity index (χ0n) is 14.5. The smallest absolute Gasteiger partial charge is 0.404 e. The maximum Gasteiger partial charge on any atom is 0.573 e. The molecule has 2 aliphatic rings. The third-order valence-corrected chi connectivity index (χ3v) is 5.74. The maximum atomic E-state index is 12.9. The summed E-state index contributed by atoms with van der Waals surface area (Å²) in [7, 11) is 0. The van der Waals surface area contributed by atoms with Gasteiger partial charge in [0.2, 0.25) is 11.5 Å². The minimum Gasteiger partial charge on any atom is -0.404 e. The maximum absolute atomic E-state index is 12.9. The molecule has 2 bridgehead atoms. The minimum absolute atomic E-state index is 0.00825. The summed E-state index contributed by atoms with van der Waals surface area (Å²) in [5.41, 5.74) is 2.12. The molecule has 2 aliphatic carbocycles. The van der Waals surface area contributed by atoms with Gasteiger partial charge in [0, 0.05) is 23.9 Å². The molecular weight excluding hydrogens is 397 g/mol. The Balaban J connectivity index is 1.52. The molecule has 1 amide bonds. The number of hydrogen-bond donors (Lipinski definition) is 2. The van der Waals surface area contributed by atoms with Crippen LogP contribution in [0.3, 0.4) is 0 Å². The average Bonchev–Trinajstić information content (AvgIpc) is 2.91. The van der Waals surface area contributed by atoms with Gasteiger partial charge in [-0.05, 0) is 60.4 Å². The second-order valence-electron chi connectivity index (χ2n) is 7.13. The molecule has 148 valence electrons. The molecule has 3 unspecified atom stereocenters. The van der Waals surface area contributed by atoms with Crippen LogP contribution in [0.4, 0.5) is 18.9 Å². The first-order valence-corrected chi connectivity index (χ1v) is 9.17. The summed E-state index contributed by atoms with van der Waals surface area (Å²) in [6.07, 6.45) is -0.771. The van der Waals surface area contributed by atoms with Gasteiger partial charge in [0.15, 0.2) is 0 Å². The second kappa shape index (κ2) is 6.84. The minimum atomic E-state index is -4.84. The van der Waals surface area contributed by atoms with Crippen LogP contribution in [0.5, 0.6) is 5.75 Å². The largest absolute Gasteiger partial charge is 0.573 e. The number of H-pyrrole nitrogens is 1. The van der Waals surface area contributed by atoms with Crippen molar-refractivity contribution in [1.82, 2.24) is 4.98 Å². The van der Waals surface area contributed by atoms with Crippen LogP contribution in [-0.4, -0.2) is 17.3 Å². The predicted molar refractivity (Wildman–Crippen MR) is 96.5 cm³/mol. The average molecular weight is 413 g/mol. The Bertz CT molecular complexity index is 989. The number of halogens is 4. The molecule has 1 aromatic carbocycles. The van der Waals surface area contributed by atoms with E-state index in [9.17, 15) is 22.8 Å². The summed E-state index contributed by atoms with van der Waals surface area (Å²) < 4.78 is 40.9. The number of fused-ring (bicyclic) bond motifs is 4. The number of aromatic amines is 1. The van der Waals surface area contributed by atoms with Gasteiger partial charge in [0.1, 0.15) is 5.75 Å². The number of carbonyl (C=O) groups excluding carboxylic acids is 1. The number of rotatable bonds is 3. The Labute approximate surface area is 162 Å². The van der Waals surface area contributed by atoms with E-state index in [1.165, 1.54) is 12.1 Å². The number of benzene rings is 1. The molecule has 5 nitrogen and oxygen atoms in total. The van der Waals surface area contributed by atoms with Crippen molar-refractivity contribution in [3.63, 3.8) is 0 Å². The SMILES string of the molecule is O=C(Nc1ccc(OC(F)(F)F)c(Cl)c1)C1C2CCC1c1c[nH]c(=O)cc1C2. The topological polar surface area (TPSA) is 71.2 Å². The van der Waals surface area contributed by atoms with Gasteiger partial charge in [-0.15, -0.1) is 13.2 Å². The van der Waals surface area contributed by atoms with E-state index in [1.807, 2.05) is 0 Å². The van der Waals surface area contributed by atoms with Gasteiger partial charge in [0.25, 0.3) is 0 Å². The standard InChI is InChI=1S/C19H16ClF3N2O3/c20-14-7-11(2-4-15(14)28-19(21,22)23)25-18(27)17-9-1-3-12(17)13-8-24-16(26)6-10(13)5-9/h2,4,6-9,12,17H,1,3,5H2,(H,24,26)(H,25,27). The van der Waals surface area contributed by atoms with Gasteiger partial charge in [-0.25, -0.2) is 0 Å². The third kappa shape index (κ3) is 3.61. The Morgan fingerprint density at radius 2 is 2.04 bits per heavy atom. The van der Waals surface area contributed by atoms with Gasteiger partial charge in [-0.2, -0.15) is 0 Å². The molecule has 4 rings (SSSR count). The number of aromatic nitrogens is 1. The molecule has 0 aliphatic heterocycles. The molecular formula is C19H16ClF3N2O3. The van der Waals surface area contributed by atoms with Crippen molar-refractivity contribution in [1.29, 1.82) is 0 Å². The quantitative estimate of drug-likeness (QED) is 0.792. The molecule has 3 atom stereocenters. The summed E-state index contributed by atoms with van der Waals surface area (Å²) in [4.78, 5) is 27.1. The van der Waals surface area contributed by atoms with E-state index in [4.69, 9.17) is 11.6 Å². The van der Waals surface area contributed by atoms with Gasteiger partial charge in [-0.1, -0.05) is 11.6 Å². The molecule has 9 heteroatoms. The van der Waals surface area contributed by atoms with Crippen LogP contribution in [0.15, 0.2) is 35.3 Å². The van der Waals surface area contributed by atoms with E-state index in [0.717, 1.165) is 30.0 Å². The Morgan fingerprint density at radius 3 is 2.75 bits per heavy atom. The number of amides is 1. The van der Waals surface area contributed by atoms with E-state index >= 15 is 0 Å². The Kier molecular flexibility index (Phi) is 4.61. The van der Waals surface area contributed by atoms with Crippen LogP contribution < -0.4 is 15.6 Å². The van der Waals surface area contributed by atoms with Gasteiger partial charge in [-0.3, -0.25) is 9.59 Å². The molecule has 28 heavy (non-hydrogen) atoms. The number of carbonyl (C=O) groups is 1. The Morgan fingerprint density at radius 1 is 1.25 bits per heavy atom. The lowest BCUT2D eigenvalue weighted by Gasteiger charge is -2.31. The van der Waals surface area contributed by atoms with Crippen molar-refractivity contribution >= 4 is 23.2 Å². The highest BCUT2D eigenvalue weighted by Crippen LogP contribution is 2.50. The van der Waals surface area contributed by atoms with E-state index in [1.54, 1.807) is 12.3 Å². The van der Waals surface area contributed by atoms with Crippen molar-refractivity contribution in [2.45, 2.75) is 31.5 Å². The first-order valence-electron chi connectivity index (χ1n) is 8.79. The molecule has 1 aromatic heterocycles. The van der Waals surface area contributed by atoms with Crippen LogP contribution in [0.25, 0.3) is 0 Å². The normalized spacial score (nSPS) is 23.2. The molecule has 0 saturated heterocycles. The van der Waals surface area contributed by atoms with Gasteiger partial charge in [0.05, 0.1) is 5.02 Å². The van der Waals surface area contributed by atoms with Crippen molar-refractivity contribution in [2.75, 3.05) is 5.32 Å². The molecule has 1 saturated carbocycles. The van der Waals surface area contributed by atoms with Crippen LogP contribution in [0.1, 0.15) is 29.9 Å². The molecule has 0 spiro atoms. The lowest BCUT2D eigenvalue weighted by Crippen LogP contribution is -2.34. The summed E-state index contributed by atoms with van der Waals surface area (Å²) >= 11 is 5.85. The summed E-state index contributed by atoms with van der Waals surface area (Å²) in [5, 5.41) is 2.51. The molecule has 0 radical (unpaired) electrons. The highest BCUT2D eigenvalue weighted by atomic mass is 35.5. The molecule has 1 fully saturated rings. The molecule has 2 N–H and O–H groups in total. The number of anilines is 1. The Hall–Kier alpha value is -2.48. The van der Waals surface area contributed by atoms with Crippen molar-refractivity contribution < 1.29 is 22.7 Å². The molecule has 2 aromatic rings. The van der Waals surface area contributed by atoms with Gasteiger partial charge >= 0.3 is 6.36 Å². The summed E-state index contributed by atoms with van der Waals surface area (Å²) in [6.45, 7) is 0. The highest BCUT2D eigenvalue weighted by Gasteiger charge is 2.46. The fourth-order valence-corrected chi connectivity index (χ4v) is 4.62. The van der Waals surface area contributed by atoms with Crippen LogP contribution in [0.2, 0.25) is 5.02 Å². The van der Waals surface area contributed by atoms with Crippen LogP contribution in [0, 0.1) is 11.8 Å².